The van der Waals surface area contributed by atoms with Gasteiger partial charge in [0.1, 0.15) is 17.9 Å². The van der Waals surface area contributed by atoms with Crippen molar-refractivity contribution in [1.82, 2.24) is 25.1 Å². The van der Waals surface area contributed by atoms with E-state index in [2.05, 4.69) is 15.4 Å². The van der Waals surface area contributed by atoms with E-state index in [0.717, 1.165) is 4.68 Å². The van der Waals surface area contributed by atoms with E-state index in [1.54, 1.807) is 24.3 Å². The van der Waals surface area contributed by atoms with E-state index in [1.807, 2.05) is 18.8 Å². The van der Waals surface area contributed by atoms with Gasteiger partial charge in [-0.3, -0.25) is 9.78 Å². The van der Waals surface area contributed by atoms with Gasteiger partial charge in [0.05, 0.1) is 15.7 Å². The summed E-state index contributed by atoms with van der Waals surface area (Å²) in [6.07, 6.45) is -4.48. The summed E-state index contributed by atoms with van der Waals surface area (Å²) in [6, 6.07) is 7.13. The molecular weight excluding hydrogens is 548 g/mol. The molecule has 0 aliphatic carbocycles. The average Bonchev–Trinajstić information content (AvgIpc) is 3.20. The third-order valence-corrected chi connectivity index (χ3v) is 6.78. The summed E-state index contributed by atoms with van der Waals surface area (Å²) in [6.45, 7) is 3.82. The number of aromatic amines is 2. The maximum atomic E-state index is 13.7. The fourth-order valence-corrected chi connectivity index (χ4v) is 5.11. The lowest BCUT2D eigenvalue weighted by Crippen LogP contribution is -2.46. The Kier molecular flexibility index (Phi) is 6.05. The number of fused-ring (bicyclic) bond motifs is 3. The Bertz CT molecular complexity index is 1740. The van der Waals surface area contributed by atoms with Crippen LogP contribution in [-0.2, 0) is 5.41 Å². The second kappa shape index (κ2) is 8.90. The van der Waals surface area contributed by atoms with Gasteiger partial charge in [0, 0.05) is 28.6 Å². The molecule has 196 valence electrons. The van der Waals surface area contributed by atoms with Gasteiger partial charge in [-0.15, -0.1) is 5.10 Å². The Morgan fingerprint density at radius 3 is 2.47 bits per heavy atom. The summed E-state index contributed by atoms with van der Waals surface area (Å²) in [5, 5.41) is 15.8. The normalized spacial score (nSPS) is 16.7. The lowest BCUT2D eigenvalue weighted by molar-refractivity contribution is -0.160. The molecule has 0 saturated carbocycles. The number of rotatable bonds is 3. The first-order valence-electron chi connectivity index (χ1n) is 11.1. The fraction of sp³-hybridized carbons (Fsp3) is 0.250. The quantitative estimate of drug-likeness (QED) is 0.326. The second-order valence-electron chi connectivity index (χ2n) is 9.33. The highest BCUT2D eigenvalue weighted by atomic mass is 35.5. The lowest BCUT2D eigenvalue weighted by atomic mass is 9.78. The largest absolute Gasteiger partial charge is 0.454 e. The van der Waals surface area contributed by atoms with Gasteiger partial charge in [0.15, 0.2) is 5.75 Å². The molecule has 14 heteroatoms. The Morgan fingerprint density at radius 2 is 1.84 bits per heavy atom. The van der Waals surface area contributed by atoms with Crippen molar-refractivity contribution in [2.75, 3.05) is 6.54 Å². The molecule has 0 spiro atoms. The van der Waals surface area contributed by atoms with Gasteiger partial charge in [0.25, 0.3) is 5.56 Å². The average molecular weight is 565 g/mol. The van der Waals surface area contributed by atoms with E-state index in [9.17, 15) is 22.8 Å². The van der Waals surface area contributed by atoms with Crippen LogP contribution in [0.2, 0.25) is 10.0 Å². The molecular formula is C24H17Cl2F3N6O3. The van der Waals surface area contributed by atoms with E-state index in [-0.39, 0.29) is 39.5 Å². The van der Waals surface area contributed by atoms with Crippen LogP contribution < -0.4 is 21.3 Å². The molecule has 1 unspecified atom stereocenters. The SMILES string of the molecule is CC1(C)CNC(C(F)(F)F)c2[nH]c3ccc(Oc4c(Cl)cc(-n5nc(C#N)c(=O)[nH]c5=O)cc4Cl)cc3c21. The Labute approximate surface area is 221 Å². The Balaban J connectivity index is 1.56. The van der Waals surface area contributed by atoms with Crippen LogP contribution in [0.4, 0.5) is 13.2 Å². The van der Waals surface area contributed by atoms with E-state index < -0.39 is 34.6 Å². The van der Waals surface area contributed by atoms with Crippen LogP contribution in [-0.4, -0.2) is 32.5 Å². The zero-order valence-corrected chi connectivity index (χ0v) is 21.1. The molecule has 2 aromatic heterocycles. The first-order valence-corrected chi connectivity index (χ1v) is 11.8. The lowest BCUT2D eigenvalue weighted by Gasteiger charge is -2.36. The van der Waals surface area contributed by atoms with Crippen LogP contribution in [0.3, 0.4) is 0 Å². The number of alkyl halides is 3. The molecule has 1 aliphatic rings. The summed E-state index contributed by atoms with van der Waals surface area (Å²) < 4.78 is 47.8. The van der Waals surface area contributed by atoms with Gasteiger partial charge in [-0.05, 0) is 35.9 Å². The zero-order chi connectivity index (χ0) is 27.6. The van der Waals surface area contributed by atoms with Crippen molar-refractivity contribution in [3.63, 3.8) is 0 Å². The minimum Gasteiger partial charge on any atom is -0.454 e. The summed E-state index contributed by atoms with van der Waals surface area (Å²) in [5.41, 5.74) is -1.83. The topological polar surface area (TPSA) is 129 Å². The van der Waals surface area contributed by atoms with E-state index in [0.29, 0.717) is 16.5 Å². The highest BCUT2D eigenvalue weighted by molar-refractivity contribution is 6.37. The number of hydrogen-bond acceptors (Lipinski definition) is 6. The van der Waals surface area contributed by atoms with Crippen molar-refractivity contribution in [3.8, 4) is 23.3 Å². The highest BCUT2D eigenvalue weighted by Gasteiger charge is 2.48. The van der Waals surface area contributed by atoms with Crippen molar-refractivity contribution in [3.05, 3.63) is 78.2 Å². The predicted molar refractivity (Wildman–Crippen MR) is 133 cm³/mol. The number of aromatic nitrogens is 4. The third-order valence-electron chi connectivity index (χ3n) is 6.22. The molecule has 5 rings (SSSR count). The van der Waals surface area contributed by atoms with Crippen molar-refractivity contribution >= 4 is 34.1 Å². The van der Waals surface area contributed by atoms with Gasteiger partial charge in [0.2, 0.25) is 5.69 Å². The minimum absolute atomic E-state index is 0.0212. The van der Waals surface area contributed by atoms with Crippen molar-refractivity contribution in [1.29, 1.82) is 5.26 Å². The fourth-order valence-electron chi connectivity index (χ4n) is 4.56. The van der Waals surface area contributed by atoms with Crippen LogP contribution >= 0.6 is 23.2 Å². The molecule has 38 heavy (non-hydrogen) atoms. The van der Waals surface area contributed by atoms with Gasteiger partial charge >= 0.3 is 11.9 Å². The van der Waals surface area contributed by atoms with E-state index in [4.69, 9.17) is 33.2 Å². The molecule has 2 aromatic carbocycles. The maximum Gasteiger partial charge on any atom is 0.409 e. The van der Waals surface area contributed by atoms with Crippen molar-refractivity contribution in [2.45, 2.75) is 31.5 Å². The summed E-state index contributed by atoms with van der Waals surface area (Å²) in [7, 11) is 0. The molecule has 0 saturated heterocycles. The Hall–Kier alpha value is -3.79. The summed E-state index contributed by atoms with van der Waals surface area (Å²) in [4.78, 5) is 28.7. The Morgan fingerprint density at radius 1 is 1.16 bits per heavy atom. The van der Waals surface area contributed by atoms with E-state index in [1.165, 1.54) is 12.1 Å². The molecule has 0 radical (unpaired) electrons. The standard InChI is InChI=1S/C24H17Cl2F3N6O3/c1-23(2)9-31-20(24(27,28)29)18-17(23)12-7-11(3-4-15(12)32-18)38-19-13(25)5-10(6-14(19)26)35-22(37)33-21(36)16(8-30)34-35/h3-7,20,31-32H,9H2,1-2H3,(H,33,36,37). The van der Waals surface area contributed by atoms with Gasteiger partial charge in [-0.2, -0.15) is 23.1 Å². The molecule has 4 aromatic rings. The van der Waals surface area contributed by atoms with Crippen LogP contribution in [0.15, 0.2) is 39.9 Å². The summed E-state index contributed by atoms with van der Waals surface area (Å²) >= 11 is 12.8. The molecule has 0 fully saturated rings. The molecule has 3 N–H and O–H groups in total. The molecule has 0 amide bonds. The monoisotopic (exact) mass is 564 g/mol. The van der Waals surface area contributed by atoms with Gasteiger partial charge in [-0.25, -0.2) is 4.79 Å². The number of nitrogens with zero attached hydrogens (tertiary/aromatic N) is 3. The minimum atomic E-state index is -4.48. The summed E-state index contributed by atoms with van der Waals surface area (Å²) in [5.74, 6) is 0.285. The van der Waals surface area contributed by atoms with Crippen LogP contribution in [0, 0.1) is 11.3 Å². The number of nitrogens with one attached hydrogen (secondary N) is 3. The molecule has 3 heterocycles. The highest BCUT2D eigenvalue weighted by Crippen LogP contribution is 2.46. The zero-order valence-electron chi connectivity index (χ0n) is 19.6. The second-order valence-corrected chi connectivity index (χ2v) is 10.1. The number of benzene rings is 2. The first kappa shape index (κ1) is 25.8. The first-order chi connectivity index (χ1) is 17.8. The van der Waals surface area contributed by atoms with Crippen LogP contribution in [0.1, 0.15) is 36.8 Å². The predicted octanol–water partition coefficient (Wildman–Crippen LogP) is 4.86. The number of ether oxygens (including phenoxy) is 1. The van der Waals surface area contributed by atoms with Crippen LogP contribution in [0.25, 0.3) is 16.6 Å². The smallest absolute Gasteiger partial charge is 0.409 e. The van der Waals surface area contributed by atoms with Gasteiger partial charge < -0.3 is 15.0 Å². The van der Waals surface area contributed by atoms with Gasteiger partial charge in [-0.1, -0.05) is 37.0 Å². The third kappa shape index (κ3) is 4.32. The maximum absolute atomic E-state index is 13.7. The number of halogens is 5. The molecule has 1 aliphatic heterocycles. The number of H-pyrrole nitrogens is 2. The van der Waals surface area contributed by atoms with E-state index >= 15 is 0 Å². The molecule has 9 nitrogen and oxygen atoms in total. The van der Waals surface area contributed by atoms with Crippen molar-refractivity contribution in [2.24, 2.45) is 0 Å². The number of nitriles is 1. The van der Waals surface area contributed by atoms with Crippen LogP contribution in [0.5, 0.6) is 11.5 Å². The van der Waals surface area contributed by atoms with Crippen molar-refractivity contribution < 1.29 is 17.9 Å². The molecule has 1 atom stereocenters. The molecule has 0 bridgehead atoms. The number of hydrogen-bond donors (Lipinski definition) is 3.